The Morgan fingerprint density at radius 2 is 2.11 bits per heavy atom. The highest BCUT2D eigenvalue weighted by molar-refractivity contribution is 7.12. The first-order valence-corrected chi connectivity index (χ1v) is 10.9. The lowest BCUT2D eigenvalue weighted by atomic mass is 10.0. The monoisotopic (exact) mass is 393 g/mol. The van der Waals surface area contributed by atoms with Gasteiger partial charge in [0.05, 0.1) is 11.0 Å². The maximum Gasteiger partial charge on any atom is 0.262 e. The number of nitrogens with one attached hydrogen (secondary N) is 1. The summed E-state index contributed by atoms with van der Waals surface area (Å²) < 4.78 is 5.75. The van der Waals surface area contributed by atoms with Crippen LogP contribution >= 0.6 is 11.3 Å². The molecule has 2 aliphatic rings. The van der Waals surface area contributed by atoms with Crippen LogP contribution < -0.4 is 5.32 Å². The van der Waals surface area contributed by atoms with Crippen LogP contribution in [0.25, 0.3) is 0 Å². The van der Waals surface area contributed by atoms with Crippen molar-refractivity contribution in [1.29, 1.82) is 0 Å². The first-order valence-electron chi connectivity index (χ1n) is 10.0. The maximum atomic E-state index is 13.1. The Balaban J connectivity index is 1.56. The van der Waals surface area contributed by atoms with Gasteiger partial charge in [-0.05, 0) is 43.2 Å². The van der Waals surface area contributed by atoms with Crippen LogP contribution in [0.5, 0.6) is 0 Å². The van der Waals surface area contributed by atoms with Gasteiger partial charge in [-0.3, -0.25) is 14.5 Å². The lowest BCUT2D eigenvalue weighted by Gasteiger charge is -2.29. The summed E-state index contributed by atoms with van der Waals surface area (Å²) >= 11 is 1.40. The van der Waals surface area contributed by atoms with Crippen molar-refractivity contribution in [3.05, 3.63) is 22.4 Å². The molecule has 27 heavy (non-hydrogen) atoms. The highest BCUT2D eigenvalue weighted by Gasteiger charge is 2.30. The molecule has 1 N–H and O–H groups in total. The van der Waals surface area contributed by atoms with E-state index in [1.54, 1.807) is 6.07 Å². The molecule has 2 amide bonds. The van der Waals surface area contributed by atoms with Gasteiger partial charge in [-0.15, -0.1) is 11.3 Å². The summed E-state index contributed by atoms with van der Waals surface area (Å²) in [6.07, 6.45) is 3.61. The second-order valence-electron chi connectivity index (χ2n) is 7.79. The average Bonchev–Trinajstić information content (AvgIpc) is 3.30. The van der Waals surface area contributed by atoms with Gasteiger partial charge >= 0.3 is 0 Å². The molecule has 0 aromatic carbocycles. The van der Waals surface area contributed by atoms with Gasteiger partial charge in [-0.2, -0.15) is 0 Å². The van der Waals surface area contributed by atoms with Crippen molar-refractivity contribution in [3.63, 3.8) is 0 Å². The van der Waals surface area contributed by atoms with Crippen LogP contribution in [0.1, 0.15) is 42.8 Å². The van der Waals surface area contributed by atoms with E-state index in [4.69, 9.17) is 4.74 Å². The van der Waals surface area contributed by atoms with Crippen molar-refractivity contribution >= 4 is 23.2 Å². The second-order valence-corrected chi connectivity index (χ2v) is 8.73. The first-order chi connectivity index (χ1) is 13.0. The topological polar surface area (TPSA) is 61.9 Å². The standard InChI is InChI=1S/C20H31N3O3S/c1-15(2)18(21-19(24)17-7-4-13-27-17)20(25)23-9-5-8-22(10-11-23)14-16-6-3-12-26-16/h4,7,13,15-16,18H,3,5-6,8-12,14H2,1-2H3,(H,21,24)/t16-,18+/m1/s1. The van der Waals surface area contributed by atoms with Gasteiger partial charge in [-0.25, -0.2) is 0 Å². The van der Waals surface area contributed by atoms with Gasteiger partial charge in [0.25, 0.3) is 5.91 Å². The Bertz CT molecular complexity index is 614. The van der Waals surface area contributed by atoms with Crippen molar-refractivity contribution in [1.82, 2.24) is 15.1 Å². The Morgan fingerprint density at radius 1 is 1.26 bits per heavy atom. The largest absolute Gasteiger partial charge is 0.377 e. The lowest BCUT2D eigenvalue weighted by molar-refractivity contribution is -0.134. The summed E-state index contributed by atoms with van der Waals surface area (Å²) in [5.74, 6) is -0.0755. The summed E-state index contributed by atoms with van der Waals surface area (Å²) in [5.41, 5.74) is 0. The van der Waals surface area contributed by atoms with Crippen LogP contribution in [0, 0.1) is 5.92 Å². The molecule has 0 radical (unpaired) electrons. The highest BCUT2D eigenvalue weighted by Crippen LogP contribution is 2.16. The first kappa shape index (κ1) is 20.3. The summed E-state index contributed by atoms with van der Waals surface area (Å²) in [6.45, 7) is 9.14. The Hall–Kier alpha value is -1.44. The molecule has 0 aliphatic carbocycles. The molecule has 1 aromatic heterocycles. The Labute approximate surface area is 165 Å². The Morgan fingerprint density at radius 3 is 2.78 bits per heavy atom. The molecule has 6 nitrogen and oxygen atoms in total. The van der Waals surface area contributed by atoms with E-state index in [-0.39, 0.29) is 17.7 Å². The smallest absolute Gasteiger partial charge is 0.262 e. The number of thiophene rings is 1. The average molecular weight is 394 g/mol. The van der Waals surface area contributed by atoms with Crippen LogP contribution in [0.2, 0.25) is 0 Å². The van der Waals surface area contributed by atoms with E-state index in [9.17, 15) is 9.59 Å². The molecule has 150 valence electrons. The van der Waals surface area contributed by atoms with E-state index in [0.29, 0.717) is 17.5 Å². The highest BCUT2D eigenvalue weighted by atomic mass is 32.1. The second kappa shape index (κ2) is 9.66. The summed E-state index contributed by atoms with van der Waals surface area (Å²) in [7, 11) is 0. The molecule has 0 unspecified atom stereocenters. The number of rotatable bonds is 6. The van der Waals surface area contributed by atoms with Crippen molar-refractivity contribution < 1.29 is 14.3 Å². The van der Waals surface area contributed by atoms with Gasteiger partial charge in [-0.1, -0.05) is 19.9 Å². The zero-order valence-electron chi connectivity index (χ0n) is 16.4. The molecule has 2 aliphatic heterocycles. The van der Waals surface area contributed by atoms with Crippen LogP contribution in [0.4, 0.5) is 0 Å². The third-order valence-corrected chi connectivity index (χ3v) is 6.22. The SMILES string of the molecule is CC(C)[C@H](NC(=O)c1cccs1)C(=O)N1CCCN(C[C@H]2CCCO2)CC1. The number of amides is 2. The molecule has 2 fully saturated rings. The normalized spacial score (nSPS) is 22.6. The third kappa shape index (κ3) is 5.53. The molecule has 0 bridgehead atoms. The van der Waals surface area contributed by atoms with Gasteiger partial charge in [0.2, 0.25) is 5.91 Å². The summed E-state index contributed by atoms with van der Waals surface area (Å²) in [4.78, 5) is 30.5. The number of carbonyl (C=O) groups is 2. The van der Waals surface area contributed by atoms with Gasteiger partial charge < -0.3 is 15.0 Å². The predicted octanol–water partition coefficient (Wildman–Crippen LogP) is 2.22. The van der Waals surface area contributed by atoms with E-state index >= 15 is 0 Å². The molecule has 0 saturated carbocycles. The van der Waals surface area contributed by atoms with E-state index in [1.165, 1.54) is 11.3 Å². The molecule has 3 rings (SSSR count). The molecule has 0 spiro atoms. The summed E-state index contributed by atoms with van der Waals surface area (Å²) in [5, 5.41) is 4.83. The van der Waals surface area contributed by atoms with Gasteiger partial charge in [0.15, 0.2) is 0 Å². The molecule has 2 saturated heterocycles. The third-order valence-electron chi connectivity index (χ3n) is 5.35. The van der Waals surface area contributed by atoms with E-state index in [2.05, 4.69) is 10.2 Å². The predicted molar refractivity (Wildman–Crippen MR) is 107 cm³/mol. The minimum atomic E-state index is -0.482. The number of nitrogens with zero attached hydrogens (tertiary/aromatic N) is 2. The van der Waals surface area contributed by atoms with Crippen molar-refractivity contribution in [2.75, 3.05) is 39.3 Å². The van der Waals surface area contributed by atoms with E-state index in [1.807, 2.05) is 30.2 Å². The number of carbonyl (C=O) groups excluding carboxylic acids is 2. The van der Waals surface area contributed by atoms with Gasteiger partial charge in [0, 0.05) is 32.8 Å². The quantitative estimate of drug-likeness (QED) is 0.805. The van der Waals surface area contributed by atoms with Crippen LogP contribution in [-0.2, 0) is 9.53 Å². The number of ether oxygens (including phenoxy) is 1. The van der Waals surface area contributed by atoms with Crippen LogP contribution in [-0.4, -0.2) is 73.1 Å². The zero-order valence-corrected chi connectivity index (χ0v) is 17.2. The molecular weight excluding hydrogens is 362 g/mol. The van der Waals surface area contributed by atoms with Crippen molar-refractivity contribution in [2.24, 2.45) is 5.92 Å². The zero-order chi connectivity index (χ0) is 19.2. The van der Waals surface area contributed by atoms with E-state index < -0.39 is 6.04 Å². The minimum Gasteiger partial charge on any atom is -0.377 e. The fraction of sp³-hybridized carbons (Fsp3) is 0.700. The van der Waals surface area contributed by atoms with Crippen molar-refractivity contribution in [2.45, 2.75) is 45.3 Å². The minimum absolute atomic E-state index is 0.0360. The van der Waals surface area contributed by atoms with Crippen LogP contribution in [0.15, 0.2) is 17.5 Å². The fourth-order valence-corrected chi connectivity index (χ4v) is 4.41. The van der Waals surface area contributed by atoms with Crippen LogP contribution in [0.3, 0.4) is 0 Å². The van der Waals surface area contributed by atoms with E-state index in [0.717, 1.165) is 52.0 Å². The molecule has 3 heterocycles. The molecule has 2 atom stereocenters. The summed E-state index contributed by atoms with van der Waals surface area (Å²) in [6, 6.07) is 3.16. The molecule has 7 heteroatoms. The number of hydrogen-bond acceptors (Lipinski definition) is 5. The number of hydrogen-bond donors (Lipinski definition) is 1. The maximum absolute atomic E-state index is 13.1. The molecule has 1 aromatic rings. The molecular formula is C20H31N3O3S. The fourth-order valence-electron chi connectivity index (χ4n) is 3.78. The van der Waals surface area contributed by atoms with Gasteiger partial charge in [0.1, 0.15) is 6.04 Å². The lowest BCUT2D eigenvalue weighted by Crippen LogP contribution is -2.52. The van der Waals surface area contributed by atoms with Crippen molar-refractivity contribution in [3.8, 4) is 0 Å². The Kier molecular flexibility index (Phi) is 7.26.